The molecule has 0 amide bonds. The smallest absolute Gasteiger partial charge is 0.191 e. The van der Waals surface area contributed by atoms with Crippen LogP contribution in [-0.2, 0) is 24.4 Å². The van der Waals surface area contributed by atoms with E-state index in [1.165, 1.54) is 0 Å². The van der Waals surface area contributed by atoms with Gasteiger partial charge in [-0.1, -0.05) is 13.3 Å². The van der Waals surface area contributed by atoms with Gasteiger partial charge in [-0.25, -0.2) is 4.99 Å². The van der Waals surface area contributed by atoms with Gasteiger partial charge in [0.25, 0.3) is 0 Å². The quantitative estimate of drug-likeness (QED) is 0.382. The second-order valence-corrected chi connectivity index (χ2v) is 8.02. The molecule has 1 aliphatic carbocycles. The number of halogens is 1. The number of hydrogen-bond acceptors (Lipinski definition) is 3. The lowest BCUT2D eigenvalue weighted by atomic mass is 9.95. The Morgan fingerprint density at radius 3 is 2.88 bits per heavy atom. The molecule has 24 heavy (non-hydrogen) atoms. The predicted molar refractivity (Wildman–Crippen MR) is 111 cm³/mol. The first-order valence-corrected chi connectivity index (χ1v) is 9.90. The van der Waals surface area contributed by atoms with Crippen LogP contribution in [0.2, 0.25) is 0 Å². The zero-order valence-electron chi connectivity index (χ0n) is 14.8. The van der Waals surface area contributed by atoms with Crippen molar-refractivity contribution in [2.24, 2.45) is 12.0 Å². The third-order valence-corrected chi connectivity index (χ3v) is 5.89. The van der Waals surface area contributed by atoms with Crippen LogP contribution in [0.15, 0.2) is 17.4 Å². The Morgan fingerprint density at radius 2 is 2.25 bits per heavy atom. The second kappa shape index (κ2) is 11.1. The van der Waals surface area contributed by atoms with Gasteiger partial charge in [-0.3, -0.25) is 8.89 Å². The zero-order chi connectivity index (χ0) is 16.7. The van der Waals surface area contributed by atoms with E-state index in [-0.39, 0.29) is 24.0 Å². The van der Waals surface area contributed by atoms with Crippen LogP contribution in [0.4, 0.5) is 0 Å². The van der Waals surface area contributed by atoms with Crippen molar-refractivity contribution < 1.29 is 4.21 Å². The van der Waals surface area contributed by atoms with Crippen molar-refractivity contribution in [3.63, 3.8) is 0 Å². The largest absolute Gasteiger partial charge is 0.357 e. The highest BCUT2D eigenvalue weighted by atomic mass is 127. The maximum absolute atomic E-state index is 12.1. The lowest BCUT2D eigenvalue weighted by molar-refractivity contribution is 0.413. The topological polar surface area (TPSA) is 71.3 Å². The van der Waals surface area contributed by atoms with Crippen molar-refractivity contribution in [2.75, 3.05) is 12.3 Å². The van der Waals surface area contributed by atoms with E-state index in [0.29, 0.717) is 17.8 Å². The summed E-state index contributed by atoms with van der Waals surface area (Å²) < 4.78 is 13.9. The normalized spacial score (nSPS) is 22.5. The molecule has 1 aliphatic rings. The van der Waals surface area contributed by atoms with Crippen LogP contribution in [0.3, 0.4) is 0 Å². The number of nitrogens with one attached hydrogen (secondary N) is 2. The minimum Gasteiger partial charge on any atom is -0.357 e. The van der Waals surface area contributed by atoms with E-state index in [9.17, 15) is 4.21 Å². The van der Waals surface area contributed by atoms with Crippen LogP contribution in [-0.4, -0.2) is 43.5 Å². The lowest BCUT2D eigenvalue weighted by Gasteiger charge is -2.30. The fourth-order valence-electron chi connectivity index (χ4n) is 2.99. The first-order chi connectivity index (χ1) is 11.1. The monoisotopic (exact) mass is 467 g/mol. The molecular weight excluding hydrogens is 437 g/mol. The number of aliphatic imine (C=N–C) groups is 1. The molecule has 138 valence electrons. The van der Waals surface area contributed by atoms with E-state index >= 15 is 0 Å². The van der Waals surface area contributed by atoms with Crippen LogP contribution in [0, 0.1) is 0 Å². The molecule has 1 aromatic rings. The molecular formula is C16H30IN5OS. The molecule has 3 atom stereocenters. The predicted octanol–water partition coefficient (Wildman–Crippen LogP) is 2.17. The molecule has 0 saturated heterocycles. The van der Waals surface area contributed by atoms with E-state index in [2.05, 4.69) is 27.6 Å². The van der Waals surface area contributed by atoms with Crippen molar-refractivity contribution in [3.8, 4) is 0 Å². The maximum atomic E-state index is 12.1. The second-order valence-electron chi connectivity index (χ2n) is 6.02. The Bertz CT molecular complexity index is 548. The Morgan fingerprint density at radius 1 is 1.46 bits per heavy atom. The standard InChI is InChI=1S/C16H29N5OS.HI/c1-4-17-16(18-10-13-11-19-21(3)12-13)20-14-7-6-8-15(9-14)23(22)5-2;/h11-12,14-15H,4-10H2,1-3H3,(H2,17,18,20);1H. The Balaban J connectivity index is 0.00000288. The van der Waals surface area contributed by atoms with E-state index in [0.717, 1.165) is 49.5 Å². The van der Waals surface area contributed by atoms with Crippen LogP contribution >= 0.6 is 24.0 Å². The van der Waals surface area contributed by atoms with E-state index in [1.54, 1.807) is 4.68 Å². The molecule has 0 aromatic carbocycles. The molecule has 8 heteroatoms. The molecule has 1 heterocycles. The number of aromatic nitrogens is 2. The van der Waals surface area contributed by atoms with Gasteiger partial charge < -0.3 is 10.6 Å². The van der Waals surface area contributed by atoms with Crippen LogP contribution < -0.4 is 10.6 Å². The molecule has 0 spiro atoms. The molecule has 0 bridgehead atoms. The molecule has 3 unspecified atom stereocenters. The van der Waals surface area contributed by atoms with E-state index in [1.807, 2.05) is 26.4 Å². The SMILES string of the molecule is CCNC(=NCc1cnn(C)c1)NC1CCCC(S(=O)CC)C1.I. The first kappa shape index (κ1) is 21.4. The Kier molecular flexibility index (Phi) is 9.87. The summed E-state index contributed by atoms with van der Waals surface area (Å²) in [4.78, 5) is 4.65. The molecule has 1 aromatic heterocycles. The Hall–Kier alpha value is -0.640. The van der Waals surface area contributed by atoms with Crippen molar-refractivity contribution in [3.05, 3.63) is 18.0 Å². The molecule has 2 rings (SSSR count). The number of rotatable bonds is 6. The summed E-state index contributed by atoms with van der Waals surface area (Å²) in [5.74, 6) is 1.59. The highest BCUT2D eigenvalue weighted by molar-refractivity contribution is 14.0. The fraction of sp³-hybridized carbons (Fsp3) is 0.750. The summed E-state index contributed by atoms with van der Waals surface area (Å²) in [7, 11) is 1.21. The fourth-order valence-corrected chi connectivity index (χ4v) is 4.34. The molecule has 2 N–H and O–H groups in total. The molecule has 1 fully saturated rings. The number of guanidine groups is 1. The van der Waals surface area contributed by atoms with Crippen molar-refractivity contribution in [1.29, 1.82) is 0 Å². The van der Waals surface area contributed by atoms with Crippen LogP contribution in [0.1, 0.15) is 45.1 Å². The van der Waals surface area contributed by atoms with Gasteiger partial charge in [0, 0.05) is 53.2 Å². The van der Waals surface area contributed by atoms with Crippen LogP contribution in [0.25, 0.3) is 0 Å². The van der Waals surface area contributed by atoms with Crippen molar-refractivity contribution in [2.45, 2.75) is 57.4 Å². The van der Waals surface area contributed by atoms with Crippen molar-refractivity contribution >= 4 is 40.7 Å². The summed E-state index contributed by atoms with van der Waals surface area (Å²) >= 11 is 0. The third kappa shape index (κ3) is 6.70. The number of hydrogen-bond donors (Lipinski definition) is 2. The van der Waals surface area contributed by atoms with E-state index in [4.69, 9.17) is 0 Å². The third-order valence-electron chi connectivity index (χ3n) is 4.15. The molecule has 1 saturated carbocycles. The van der Waals surface area contributed by atoms with Gasteiger partial charge in [-0.15, -0.1) is 24.0 Å². The minimum absolute atomic E-state index is 0. The molecule has 0 radical (unpaired) electrons. The molecule has 6 nitrogen and oxygen atoms in total. The number of aryl methyl sites for hydroxylation is 1. The van der Waals surface area contributed by atoms with Gasteiger partial charge in [0.2, 0.25) is 0 Å². The average Bonchev–Trinajstić information content (AvgIpc) is 2.98. The zero-order valence-corrected chi connectivity index (χ0v) is 18.0. The first-order valence-electron chi connectivity index (χ1n) is 8.51. The van der Waals surface area contributed by atoms with Gasteiger partial charge >= 0.3 is 0 Å². The summed E-state index contributed by atoms with van der Waals surface area (Å²) in [5, 5.41) is 11.3. The molecule has 0 aliphatic heterocycles. The van der Waals surface area contributed by atoms with Crippen LogP contribution in [0.5, 0.6) is 0 Å². The van der Waals surface area contributed by atoms with Gasteiger partial charge in [0.1, 0.15) is 0 Å². The van der Waals surface area contributed by atoms with Gasteiger partial charge in [0.05, 0.1) is 12.7 Å². The average molecular weight is 467 g/mol. The number of nitrogens with zero attached hydrogens (tertiary/aromatic N) is 3. The highest BCUT2D eigenvalue weighted by Crippen LogP contribution is 2.23. The van der Waals surface area contributed by atoms with Crippen molar-refractivity contribution in [1.82, 2.24) is 20.4 Å². The maximum Gasteiger partial charge on any atom is 0.191 e. The summed E-state index contributed by atoms with van der Waals surface area (Å²) in [6.07, 6.45) is 8.13. The summed E-state index contributed by atoms with van der Waals surface area (Å²) in [5.41, 5.74) is 1.10. The van der Waals surface area contributed by atoms with E-state index < -0.39 is 10.8 Å². The van der Waals surface area contributed by atoms with Gasteiger partial charge in [-0.2, -0.15) is 5.10 Å². The summed E-state index contributed by atoms with van der Waals surface area (Å²) in [6.45, 7) is 5.51. The highest BCUT2D eigenvalue weighted by Gasteiger charge is 2.25. The Labute approximate surface area is 164 Å². The van der Waals surface area contributed by atoms with Gasteiger partial charge in [0.15, 0.2) is 5.96 Å². The van der Waals surface area contributed by atoms with Gasteiger partial charge in [-0.05, 0) is 26.2 Å². The summed E-state index contributed by atoms with van der Waals surface area (Å²) in [6, 6.07) is 0.357. The minimum atomic E-state index is -0.695. The lowest BCUT2D eigenvalue weighted by Crippen LogP contribution is -2.46.